The van der Waals surface area contributed by atoms with E-state index >= 15 is 0 Å². The van der Waals surface area contributed by atoms with E-state index in [2.05, 4.69) is 32.2 Å². The molecule has 0 aromatic heterocycles. The Morgan fingerprint density at radius 3 is 2.45 bits per heavy atom. The van der Waals surface area contributed by atoms with Crippen LogP contribution in [-0.4, -0.2) is 6.54 Å². The summed E-state index contributed by atoms with van der Waals surface area (Å²) in [6.45, 7) is 7.41. The molecule has 0 amide bonds. The summed E-state index contributed by atoms with van der Waals surface area (Å²) < 4.78 is 0. The Morgan fingerprint density at radius 1 is 1.45 bits per heavy atom. The molecule has 0 fully saturated rings. The summed E-state index contributed by atoms with van der Waals surface area (Å²) in [6, 6.07) is 0. The third-order valence-electron chi connectivity index (χ3n) is 1.74. The zero-order valence-corrected chi connectivity index (χ0v) is 8.00. The minimum Gasteiger partial charge on any atom is -0.372 e. The van der Waals surface area contributed by atoms with Crippen LogP contribution in [0.25, 0.3) is 0 Å². The normalized spacial score (nSPS) is 18.5. The standard InChI is InChI=1S/C9H14ClN/c1-9(2,3)7-4-5-11-8(10)6-7/h4,6,11H,5H2,1-3H3. The Hall–Kier alpha value is -0.430. The van der Waals surface area contributed by atoms with Gasteiger partial charge in [0.2, 0.25) is 0 Å². The highest BCUT2D eigenvalue weighted by atomic mass is 35.5. The number of dihydropyridines is 1. The Balaban J connectivity index is 2.82. The van der Waals surface area contributed by atoms with E-state index in [9.17, 15) is 0 Å². The number of hydrogen-bond donors (Lipinski definition) is 1. The molecule has 1 N–H and O–H groups in total. The van der Waals surface area contributed by atoms with Gasteiger partial charge in [0.05, 0.1) is 0 Å². The van der Waals surface area contributed by atoms with Crippen LogP contribution in [0.3, 0.4) is 0 Å². The molecule has 0 aliphatic carbocycles. The maximum absolute atomic E-state index is 5.83. The van der Waals surface area contributed by atoms with Crippen LogP contribution in [0.5, 0.6) is 0 Å². The lowest BCUT2D eigenvalue weighted by atomic mass is 9.85. The van der Waals surface area contributed by atoms with Gasteiger partial charge in [0.25, 0.3) is 0 Å². The maximum Gasteiger partial charge on any atom is 0.102 e. The molecule has 0 radical (unpaired) electrons. The van der Waals surface area contributed by atoms with Crippen LogP contribution in [0.2, 0.25) is 0 Å². The Morgan fingerprint density at radius 2 is 2.09 bits per heavy atom. The summed E-state index contributed by atoms with van der Waals surface area (Å²) >= 11 is 5.83. The van der Waals surface area contributed by atoms with Crippen LogP contribution >= 0.6 is 11.6 Å². The summed E-state index contributed by atoms with van der Waals surface area (Å²) in [6.07, 6.45) is 4.16. The number of allylic oxidation sites excluding steroid dienone is 2. The molecule has 0 atom stereocenters. The van der Waals surface area contributed by atoms with Crippen LogP contribution in [0.4, 0.5) is 0 Å². The van der Waals surface area contributed by atoms with Crippen molar-refractivity contribution in [3.05, 3.63) is 22.9 Å². The number of nitrogens with one attached hydrogen (secondary N) is 1. The number of rotatable bonds is 0. The van der Waals surface area contributed by atoms with Crippen molar-refractivity contribution in [1.29, 1.82) is 0 Å². The van der Waals surface area contributed by atoms with E-state index in [1.54, 1.807) is 0 Å². The van der Waals surface area contributed by atoms with Crippen molar-refractivity contribution in [2.45, 2.75) is 20.8 Å². The Labute approximate surface area is 73.1 Å². The van der Waals surface area contributed by atoms with Crippen LogP contribution in [-0.2, 0) is 0 Å². The molecule has 0 spiro atoms. The summed E-state index contributed by atoms with van der Waals surface area (Å²) in [4.78, 5) is 0. The molecule has 1 heterocycles. The summed E-state index contributed by atoms with van der Waals surface area (Å²) in [5.41, 5.74) is 1.52. The Kier molecular flexibility index (Phi) is 2.28. The highest BCUT2D eigenvalue weighted by molar-refractivity contribution is 6.29. The van der Waals surface area contributed by atoms with Gasteiger partial charge in [0.15, 0.2) is 0 Å². The van der Waals surface area contributed by atoms with E-state index in [4.69, 9.17) is 11.6 Å². The van der Waals surface area contributed by atoms with Crippen molar-refractivity contribution in [2.24, 2.45) is 5.41 Å². The average Bonchev–Trinajstić information content (AvgIpc) is 1.86. The molecule has 1 aliphatic rings. The lowest BCUT2D eigenvalue weighted by Gasteiger charge is -2.23. The van der Waals surface area contributed by atoms with Crippen molar-refractivity contribution in [1.82, 2.24) is 5.32 Å². The van der Waals surface area contributed by atoms with Gasteiger partial charge in [0, 0.05) is 6.54 Å². The van der Waals surface area contributed by atoms with Crippen LogP contribution in [0.15, 0.2) is 22.9 Å². The number of hydrogen-bond acceptors (Lipinski definition) is 1. The van der Waals surface area contributed by atoms with E-state index in [-0.39, 0.29) is 5.41 Å². The van der Waals surface area contributed by atoms with E-state index in [0.29, 0.717) is 0 Å². The highest BCUT2D eigenvalue weighted by Gasteiger charge is 2.16. The van der Waals surface area contributed by atoms with Crippen LogP contribution in [0, 0.1) is 5.41 Å². The van der Waals surface area contributed by atoms with Gasteiger partial charge in [-0.15, -0.1) is 0 Å². The molecule has 2 heteroatoms. The molecule has 1 rings (SSSR count). The van der Waals surface area contributed by atoms with Crippen molar-refractivity contribution in [3.63, 3.8) is 0 Å². The first-order chi connectivity index (χ1) is 5.00. The molecular weight excluding hydrogens is 158 g/mol. The predicted molar refractivity (Wildman–Crippen MR) is 49.5 cm³/mol. The largest absolute Gasteiger partial charge is 0.372 e. The average molecular weight is 172 g/mol. The topological polar surface area (TPSA) is 12.0 Å². The quantitative estimate of drug-likeness (QED) is 0.553. The molecule has 0 aromatic rings. The van der Waals surface area contributed by atoms with Gasteiger partial charge < -0.3 is 5.32 Å². The molecule has 1 nitrogen and oxygen atoms in total. The molecular formula is C9H14ClN. The monoisotopic (exact) mass is 171 g/mol. The molecule has 0 saturated carbocycles. The van der Waals surface area contributed by atoms with Gasteiger partial charge in [-0.3, -0.25) is 0 Å². The van der Waals surface area contributed by atoms with Gasteiger partial charge >= 0.3 is 0 Å². The fourth-order valence-corrected chi connectivity index (χ4v) is 1.22. The first-order valence-corrected chi connectivity index (χ1v) is 4.19. The smallest absolute Gasteiger partial charge is 0.102 e. The van der Waals surface area contributed by atoms with E-state index in [1.807, 2.05) is 6.08 Å². The predicted octanol–water partition coefficient (Wildman–Crippen LogP) is 2.64. The third kappa shape index (κ3) is 2.26. The second-order valence-electron chi connectivity index (χ2n) is 3.78. The molecule has 11 heavy (non-hydrogen) atoms. The Bertz CT molecular complexity index is 208. The molecule has 0 saturated heterocycles. The molecule has 0 aromatic carbocycles. The van der Waals surface area contributed by atoms with Gasteiger partial charge in [0.1, 0.15) is 5.16 Å². The SMILES string of the molecule is CC(C)(C)C1=CCNC(Cl)=C1. The van der Waals surface area contributed by atoms with Gasteiger partial charge in [-0.25, -0.2) is 0 Å². The molecule has 1 aliphatic heterocycles. The minimum absolute atomic E-state index is 0.211. The fraction of sp³-hybridized carbons (Fsp3) is 0.556. The lowest BCUT2D eigenvalue weighted by molar-refractivity contribution is 0.511. The summed E-state index contributed by atoms with van der Waals surface area (Å²) in [7, 11) is 0. The molecule has 0 bridgehead atoms. The molecule has 62 valence electrons. The lowest BCUT2D eigenvalue weighted by Crippen LogP contribution is -2.19. The van der Waals surface area contributed by atoms with E-state index < -0.39 is 0 Å². The second-order valence-corrected chi connectivity index (χ2v) is 4.19. The zero-order chi connectivity index (χ0) is 8.48. The van der Waals surface area contributed by atoms with Gasteiger partial charge in [-0.05, 0) is 17.1 Å². The summed E-state index contributed by atoms with van der Waals surface area (Å²) in [5.74, 6) is 0. The molecule has 0 unspecified atom stereocenters. The highest BCUT2D eigenvalue weighted by Crippen LogP contribution is 2.28. The van der Waals surface area contributed by atoms with Crippen molar-refractivity contribution in [2.75, 3.05) is 6.54 Å². The number of halogens is 1. The van der Waals surface area contributed by atoms with Crippen LogP contribution in [0.1, 0.15) is 20.8 Å². The fourth-order valence-electron chi connectivity index (χ4n) is 1.03. The van der Waals surface area contributed by atoms with E-state index in [0.717, 1.165) is 11.7 Å². The maximum atomic E-state index is 5.83. The first kappa shape index (κ1) is 8.66. The van der Waals surface area contributed by atoms with Gasteiger partial charge in [-0.2, -0.15) is 0 Å². The third-order valence-corrected chi connectivity index (χ3v) is 1.98. The van der Waals surface area contributed by atoms with Gasteiger partial charge in [-0.1, -0.05) is 38.4 Å². The van der Waals surface area contributed by atoms with Crippen molar-refractivity contribution >= 4 is 11.6 Å². The van der Waals surface area contributed by atoms with Crippen molar-refractivity contribution in [3.8, 4) is 0 Å². The zero-order valence-electron chi connectivity index (χ0n) is 7.24. The van der Waals surface area contributed by atoms with Crippen molar-refractivity contribution < 1.29 is 0 Å². The van der Waals surface area contributed by atoms with Crippen LogP contribution < -0.4 is 5.32 Å². The minimum atomic E-state index is 0.211. The van der Waals surface area contributed by atoms with E-state index in [1.165, 1.54) is 5.57 Å². The first-order valence-electron chi connectivity index (χ1n) is 3.82. The summed E-state index contributed by atoms with van der Waals surface area (Å²) in [5, 5.41) is 3.78. The second kappa shape index (κ2) is 2.90.